The molecule has 0 aliphatic carbocycles. The Labute approximate surface area is 213 Å². The second-order valence-corrected chi connectivity index (χ2v) is 8.49. The number of hydrogen-bond acceptors (Lipinski definition) is 5. The molecular formula is C29H23N5O3. The van der Waals surface area contributed by atoms with Crippen LogP contribution in [0.4, 0.5) is 5.69 Å². The number of hydrogen-bond donors (Lipinski definition) is 2. The van der Waals surface area contributed by atoms with E-state index in [1.165, 1.54) is 12.1 Å². The van der Waals surface area contributed by atoms with Crippen molar-refractivity contribution in [3.63, 3.8) is 0 Å². The number of tetrazole rings is 1. The van der Waals surface area contributed by atoms with Crippen LogP contribution in [-0.2, 0) is 17.8 Å². The maximum absolute atomic E-state index is 13.4. The van der Waals surface area contributed by atoms with Crippen molar-refractivity contribution in [3.8, 4) is 22.5 Å². The van der Waals surface area contributed by atoms with Crippen molar-refractivity contribution >= 4 is 17.6 Å². The summed E-state index contributed by atoms with van der Waals surface area (Å²) in [4.78, 5) is 26.6. The zero-order valence-electron chi connectivity index (χ0n) is 19.8. The molecule has 1 aromatic heterocycles. The van der Waals surface area contributed by atoms with Crippen LogP contribution in [0.15, 0.2) is 103 Å². The van der Waals surface area contributed by atoms with E-state index in [-0.39, 0.29) is 17.9 Å². The van der Waals surface area contributed by atoms with Crippen molar-refractivity contribution in [1.82, 2.24) is 20.6 Å². The fraction of sp³-hybridized carbons (Fsp3) is 0.0690. The summed E-state index contributed by atoms with van der Waals surface area (Å²) in [5.41, 5.74) is 5.29. The van der Waals surface area contributed by atoms with Gasteiger partial charge in [-0.05, 0) is 50.9 Å². The van der Waals surface area contributed by atoms with Crippen LogP contribution in [0.2, 0.25) is 0 Å². The Kier molecular flexibility index (Phi) is 6.80. The van der Waals surface area contributed by atoms with Crippen molar-refractivity contribution < 1.29 is 14.7 Å². The Morgan fingerprint density at radius 2 is 1.51 bits per heavy atom. The third kappa shape index (κ3) is 5.43. The van der Waals surface area contributed by atoms with Gasteiger partial charge >= 0.3 is 5.97 Å². The van der Waals surface area contributed by atoms with Gasteiger partial charge in [-0.2, -0.15) is 0 Å². The van der Waals surface area contributed by atoms with Crippen LogP contribution < -0.4 is 4.90 Å². The van der Waals surface area contributed by atoms with Crippen molar-refractivity contribution in [2.45, 2.75) is 13.0 Å². The molecule has 1 heterocycles. The summed E-state index contributed by atoms with van der Waals surface area (Å²) in [5, 5.41) is 23.7. The maximum atomic E-state index is 13.4. The number of rotatable bonds is 8. The third-order valence-electron chi connectivity index (χ3n) is 6.04. The van der Waals surface area contributed by atoms with Gasteiger partial charge in [0.15, 0.2) is 5.82 Å². The van der Waals surface area contributed by atoms with E-state index in [9.17, 15) is 14.7 Å². The molecule has 0 aliphatic heterocycles. The second kappa shape index (κ2) is 10.7. The van der Waals surface area contributed by atoms with Crippen molar-refractivity contribution in [1.29, 1.82) is 0 Å². The number of amides is 1. The Hall–Kier alpha value is -5.11. The molecule has 0 bridgehead atoms. The van der Waals surface area contributed by atoms with E-state index < -0.39 is 5.97 Å². The zero-order valence-corrected chi connectivity index (χ0v) is 19.8. The quantitative estimate of drug-likeness (QED) is 0.317. The van der Waals surface area contributed by atoms with Crippen molar-refractivity contribution in [2.75, 3.05) is 4.90 Å². The van der Waals surface area contributed by atoms with E-state index in [0.717, 1.165) is 27.8 Å². The Morgan fingerprint density at radius 3 is 2.22 bits per heavy atom. The maximum Gasteiger partial charge on any atom is 0.335 e. The molecule has 1 amide bonds. The van der Waals surface area contributed by atoms with Gasteiger partial charge in [0.25, 0.3) is 0 Å². The topological polar surface area (TPSA) is 112 Å². The summed E-state index contributed by atoms with van der Waals surface area (Å²) in [6.45, 7) is 0.294. The van der Waals surface area contributed by atoms with E-state index in [0.29, 0.717) is 18.1 Å². The number of nitrogens with one attached hydrogen (secondary N) is 1. The Bertz CT molecular complexity index is 1520. The molecule has 0 radical (unpaired) electrons. The fourth-order valence-electron chi connectivity index (χ4n) is 4.18. The molecule has 5 rings (SSSR count). The summed E-state index contributed by atoms with van der Waals surface area (Å²) in [6, 6.07) is 31.7. The van der Waals surface area contributed by atoms with E-state index >= 15 is 0 Å². The van der Waals surface area contributed by atoms with Gasteiger partial charge in [-0.15, -0.1) is 5.10 Å². The number of carboxylic acids is 1. The number of aromatic carboxylic acids is 1. The molecule has 0 spiro atoms. The molecule has 8 heteroatoms. The number of nitrogens with zero attached hydrogens (tertiary/aromatic N) is 4. The van der Waals surface area contributed by atoms with Crippen LogP contribution in [0.1, 0.15) is 21.5 Å². The SMILES string of the molecule is O=C(O)c1cccc(N(Cc2ccc(-c3ccccc3-c3nnn[nH]3)cc2)C(=O)Cc2ccccc2)c1. The predicted octanol–water partition coefficient (Wildman–Crippen LogP) is 5.01. The lowest BCUT2D eigenvalue weighted by Gasteiger charge is -2.24. The summed E-state index contributed by atoms with van der Waals surface area (Å²) in [6.07, 6.45) is 0.203. The minimum absolute atomic E-state index is 0.124. The summed E-state index contributed by atoms with van der Waals surface area (Å²) in [5.74, 6) is -0.584. The lowest BCUT2D eigenvalue weighted by atomic mass is 9.98. The van der Waals surface area contributed by atoms with Gasteiger partial charge in [0, 0.05) is 11.3 Å². The summed E-state index contributed by atoms with van der Waals surface area (Å²) < 4.78 is 0. The first-order chi connectivity index (χ1) is 18.1. The first-order valence-corrected chi connectivity index (χ1v) is 11.7. The monoisotopic (exact) mass is 489 g/mol. The third-order valence-corrected chi connectivity index (χ3v) is 6.04. The highest BCUT2D eigenvalue weighted by Gasteiger charge is 2.19. The molecule has 5 aromatic rings. The lowest BCUT2D eigenvalue weighted by molar-refractivity contribution is -0.118. The first kappa shape index (κ1) is 23.6. The lowest BCUT2D eigenvalue weighted by Crippen LogP contribution is -2.32. The predicted molar refractivity (Wildman–Crippen MR) is 140 cm³/mol. The molecule has 4 aromatic carbocycles. The average Bonchev–Trinajstić information content (AvgIpc) is 3.48. The largest absolute Gasteiger partial charge is 0.478 e. The highest BCUT2D eigenvalue weighted by Crippen LogP contribution is 2.30. The molecule has 2 N–H and O–H groups in total. The standard InChI is InChI=1S/C29H23N5O3/c35-27(17-20-7-2-1-3-8-20)34(24-10-6-9-23(18-24)29(36)37)19-21-13-15-22(16-14-21)25-11-4-5-12-26(25)28-30-32-33-31-28/h1-16,18H,17,19H2,(H,36,37)(H,30,31,32,33). The van der Waals surface area contributed by atoms with E-state index in [4.69, 9.17) is 0 Å². The van der Waals surface area contributed by atoms with Gasteiger partial charge < -0.3 is 10.0 Å². The smallest absolute Gasteiger partial charge is 0.335 e. The minimum Gasteiger partial charge on any atom is -0.478 e. The minimum atomic E-state index is -1.04. The van der Waals surface area contributed by atoms with Crippen molar-refractivity contribution in [2.24, 2.45) is 0 Å². The highest BCUT2D eigenvalue weighted by atomic mass is 16.4. The molecule has 8 nitrogen and oxygen atoms in total. The fourth-order valence-corrected chi connectivity index (χ4v) is 4.18. The van der Waals surface area contributed by atoms with Crippen LogP contribution in [0.3, 0.4) is 0 Å². The molecular weight excluding hydrogens is 466 g/mol. The zero-order chi connectivity index (χ0) is 25.6. The van der Waals surface area contributed by atoms with Gasteiger partial charge in [-0.25, -0.2) is 9.89 Å². The van der Waals surface area contributed by atoms with Gasteiger partial charge in [0.2, 0.25) is 5.91 Å². The number of aromatic nitrogens is 4. The van der Waals surface area contributed by atoms with Gasteiger partial charge in [0.05, 0.1) is 18.5 Å². The first-order valence-electron chi connectivity index (χ1n) is 11.7. The van der Waals surface area contributed by atoms with Gasteiger partial charge in [-0.3, -0.25) is 4.79 Å². The molecule has 0 saturated carbocycles. The number of carboxylic acid groups (broad SMARTS) is 1. The van der Waals surface area contributed by atoms with Crippen LogP contribution in [0, 0.1) is 0 Å². The molecule has 37 heavy (non-hydrogen) atoms. The molecule has 0 aliphatic rings. The average molecular weight is 490 g/mol. The van der Waals surface area contributed by atoms with Gasteiger partial charge in [0.1, 0.15) is 0 Å². The number of aromatic amines is 1. The number of anilines is 1. The summed E-state index contributed by atoms with van der Waals surface area (Å²) >= 11 is 0. The van der Waals surface area contributed by atoms with Crippen molar-refractivity contribution in [3.05, 3.63) is 120 Å². The Morgan fingerprint density at radius 1 is 0.784 bits per heavy atom. The molecule has 182 valence electrons. The van der Waals surface area contributed by atoms with Crippen LogP contribution >= 0.6 is 0 Å². The van der Waals surface area contributed by atoms with E-state index in [1.54, 1.807) is 17.0 Å². The van der Waals surface area contributed by atoms with Crippen LogP contribution in [0.5, 0.6) is 0 Å². The molecule has 0 fully saturated rings. The summed E-state index contributed by atoms with van der Waals surface area (Å²) in [7, 11) is 0. The van der Waals surface area contributed by atoms with Crippen LogP contribution in [-0.4, -0.2) is 37.6 Å². The number of carbonyl (C=O) groups excluding carboxylic acids is 1. The second-order valence-electron chi connectivity index (χ2n) is 8.49. The normalized spacial score (nSPS) is 10.7. The highest BCUT2D eigenvalue weighted by molar-refractivity contribution is 5.96. The van der Waals surface area contributed by atoms with E-state index in [1.807, 2.05) is 78.9 Å². The Balaban J connectivity index is 1.44. The van der Waals surface area contributed by atoms with E-state index in [2.05, 4.69) is 20.6 Å². The number of carbonyl (C=O) groups is 2. The van der Waals surface area contributed by atoms with Crippen LogP contribution in [0.25, 0.3) is 22.5 Å². The molecule has 0 atom stereocenters. The molecule has 0 unspecified atom stereocenters. The van der Waals surface area contributed by atoms with Gasteiger partial charge in [-0.1, -0.05) is 84.9 Å². The molecule has 0 saturated heterocycles. The number of benzene rings is 4. The number of H-pyrrole nitrogens is 1.